The number of rotatable bonds is 5. The van der Waals surface area contributed by atoms with Crippen molar-refractivity contribution < 1.29 is 0 Å². The molecule has 0 saturated carbocycles. The summed E-state index contributed by atoms with van der Waals surface area (Å²) in [6.07, 6.45) is 7.15. The molecule has 4 aromatic heterocycles. The van der Waals surface area contributed by atoms with Gasteiger partial charge < -0.3 is 5.73 Å². The maximum absolute atomic E-state index is 5.60. The van der Waals surface area contributed by atoms with Crippen LogP contribution < -0.4 is 5.73 Å². The molecule has 0 unspecified atom stereocenters. The van der Waals surface area contributed by atoms with Gasteiger partial charge in [-0.2, -0.15) is 5.10 Å². The summed E-state index contributed by atoms with van der Waals surface area (Å²) in [7, 11) is 0. The molecule has 3 N–H and O–H groups in total. The number of hydrogen-bond donors (Lipinski definition) is 2. The van der Waals surface area contributed by atoms with E-state index < -0.39 is 0 Å². The Kier molecular flexibility index (Phi) is 4.18. The van der Waals surface area contributed by atoms with Crippen LogP contribution in [0.4, 0.5) is 0 Å². The molecule has 6 nitrogen and oxygen atoms in total. The van der Waals surface area contributed by atoms with Gasteiger partial charge in [-0.1, -0.05) is 6.07 Å². The van der Waals surface area contributed by atoms with Gasteiger partial charge in [-0.05, 0) is 49.7 Å². The second-order valence-corrected chi connectivity index (χ2v) is 5.84. The van der Waals surface area contributed by atoms with E-state index in [0.717, 1.165) is 52.1 Å². The first-order valence-electron chi connectivity index (χ1n) is 8.26. The predicted octanol–water partition coefficient (Wildman–Crippen LogP) is 2.97. The first-order chi connectivity index (χ1) is 12.3. The fourth-order valence-corrected chi connectivity index (χ4v) is 2.82. The lowest BCUT2D eigenvalue weighted by molar-refractivity contribution is 0.811. The van der Waals surface area contributed by atoms with Gasteiger partial charge in [0.1, 0.15) is 5.69 Å². The minimum Gasteiger partial charge on any atom is -0.330 e. The van der Waals surface area contributed by atoms with Gasteiger partial charge in [0.15, 0.2) is 0 Å². The molecule has 6 heteroatoms. The van der Waals surface area contributed by atoms with Gasteiger partial charge in [-0.15, -0.1) is 0 Å². The van der Waals surface area contributed by atoms with Crippen LogP contribution in [0.25, 0.3) is 33.5 Å². The van der Waals surface area contributed by atoms with E-state index in [1.807, 2.05) is 36.4 Å². The van der Waals surface area contributed by atoms with Crippen LogP contribution in [0.1, 0.15) is 12.1 Å². The number of nitrogens with two attached hydrogens (primary N) is 1. The highest BCUT2D eigenvalue weighted by Gasteiger charge is 2.12. The maximum atomic E-state index is 5.60. The third-order valence-corrected chi connectivity index (χ3v) is 4.09. The normalized spacial score (nSPS) is 11.1. The van der Waals surface area contributed by atoms with E-state index in [-0.39, 0.29) is 0 Å². The molecule has 124 valence electrons. The molecule has 0 fully saturated rings. The Balaban J connectivity index is 1.78. The number of H-pyrrole nitrogens is 1. The van der Waals surface area contributed by atoms with Gasteiger partial charge in [0, 0.05) is 29.0 Å². The van der Waals surface area contributed by atoms with Crippen molar-refractivity contribution in [3.63, 3.8) is 0 Å². The summed E-state index contributed by atoms with van der Waals surface area (Å²) in [5.41, 5.74) is 11.0. The summed E-state index contributed by atoms with van der Waals surface area (Å²) in [4.78, 5) is 13.4. The van der Waals surface area contributed by atoms with Gasteiger partial charge >= 0.3 is 0 Å². The molecule has 0 amide bonds. The van der Waals surface area contributed by atoms with E-state index in [4.69, 9.17) is 10.7 Å². The number of hydrogen-bond acceptors (Lipinski definition) is 5. The van der Waals surface area contributed by atoms with Crippen LogP contribution in [0.2, 0.25) is 0 Å². The van der Waals surface area contributed by atoms with Crippen LogP contribution in [0.3, 0.4) is 0 Å². The van der Waals surface area contributed by atoms with Crippen molar-refractivity contribution in [2.24, 2.45) is 5.73 Å². The maximum Gasteiger partial charge on any atom is 0.118 e. The van der Waals surface area contributed by atoms with Crippen molar-refractivity contribution >= 4 is 10.9 Å². The lowest BCUT2D eigenvalue weighted by atomic mass is 10.1. The van der Waals surface area contributed by atoms with E-state index in [0.29, 0.717) is 6.54 Å². The number of aryl methyl sites for hydroxylation is 1. The number of fused-ring (bicyclic) bond motifs is 1. The Morgan fingerprint density at radius 1 is 1.04 bits per heavy atom. The van der Waals surface area contributed by atoms with Crippen LogP contribution in [0.5, 0.6) is 0 Å². The Bertz CT molecular complexity index is 993. The molecule has 0 spiro atoms. The molecular formula is C19H18N6. The van der Waals surface area contributed by atoms with Gasteiger partial charge in [0.2, 0.25) is 0 Å². The van der Waals surface area contributed by atoms with Crippen molar-refractivity contribution in [2.45, 2.75) is 12.8 Å². The molecule has 0 aliphatic rings. The smallest absolute Gasteiger partial charge is 0.118 e. The van der Waals surface area contributed by atoms with E-state index >= 15 is 0 Å². The molecule has 0 aliphatic heterocycles. The number of nitrogens with zero attached hydrogens (tertiary/aromatic N) is 4. The van der Waals surface area contributed by atoms with Crippen molar-refractivity contribution in [2.75, 3.05) is 6.54 Å². The average molecular weight is 330 g/mol. The molecule has 25 heavy (non-hydrogen) atoms. The highest BCUT2D eigenvalue weighted by Crippen LogP contribution is 2.28. The lowest BCUT2D eigenvalue weighted by Crippen LogP contribution is -2.01. The average Bonchev–Trinajstić information content (AvgIpc) is 3.10. The second-order valence-electron chi connectivity index (χ2n) is 5.84. The third-order valence-electron chi connectivity index (χ3n) is 4.09. The van der Waals surface area contributed by atoms with E-state index in [1.54, 1.807) is 18.6 Å². The molecular weight excluding hydrogens is 312 g/mol. The van der Waals surface area contributed by atoms with Gasteiger partial charge in [0.05, 0.1) is 23.1 Å². The SMILES string of the molecule is NCCCc1cccc(-c2n[nH]c3cnc(-c4cccnc4)cc23)n1. The number of pyridine rings is 3. The van der Waals surface area contributed by atoms with E-state index in [1.165, 1.54) is 0 Å². The molecule has 0 saturated heterocycles. The van der Waals surface area contributed by atoms with Gasteiger partial charge in [0.25, 0.3) is 0 Å². The van der Waals surface area contributed by atoms with E-state index in [9.17, 15) is 0 Å². The molecule has 0 atom stereocenters. The zero-order valence-electron chi connectivity index (χ0n) is 13.7. The van der Waals surface area contributed by atoms with Crippen LogP contribution in [-0.2, 0) is 6.42 Å². The standard InChI is InChI=1S/C19H18N6/c20-8-2-6-14-5-1-7-16(23-14)19-15-10-17(13-4-3-9-21-11-13)22-12-18(15)24-25-19/h1,3-5,7,9-12H,2,6,8,20H2,(H,24,25). The second kappa shape index (κ2) is 6.78. The summed E-state index contributed by atoms with van der Waals surface area (Å²) in [6, 6.07) is 11.9. The monoisotopic (exact) mass is 330 g/mol. The van der Waals surface area contributed by atoms with Crippen molar-refractivity contribution in [1.29, 1.82) is 0 Å². The fourth-order valence-electron chi connectivity index (χ4n) is 2.82. The zero-order chi connectivity index (χ0) is 17.1. The Hall–Kier alpha value is -3.12. The molecule has 4 rings (SSSR count). The Morgan fingerprint density at radius 3 is 2.84 bits per heavy atom. The summed E-state index contributed by atoms with van der Waals surface area (Å²) < 4.78 is 0. The predicted molar refractivity (Wildman–Crippen MR) is 97.7 cm³/mol. The number of aromatic nitrogens is 5. The Labute approximate surface area is 145 Å². The number of nitrogens with one attached hydrogen (secondary N) is 1. The van der Waals surface area contributed by atoms with Crippen molar-refractivity contribution in [3.05, 3.63) is 60.7 Å². The summed E-state index contributed by atoms with van der Waals surface area (Å²) in [5.74, 6) is 0. The molecule has 4 aromatic rings. The lowest BCUT2D eigenvalue weighted by Gasteiger charge is -2.03. The van der Waals surface area contributed by atoms with Crippen LogP contribution >= 0.6 is 0 Å². The van der Waals surface area contributed by atoms with Crippen molar-refractivity contribution in [1.82, 2.24) is 25.1 Å². The van der Waals surface area contributed by atoms with Crippen molar-refractivity contribution in [3.8, 4) is 22.6 Å². The fraction of sp³-hybridized carbons (Fsp3) is 0.158. The highest BCUT2D eigenvalue weighted by atomic mass is 15.1. The highest BCUT2D eigenvalue weighted by molar-refractivity contribution is 5.93. The number of aromatic amines is 1. The van der Waals surface area contributed by atoms with Crippen LogP contribution in [-0.4, -0.2) is 31.7 Å². The molecule has 0 aliphatic carbocycles. The summed E-state index contributed by atoms with van der Waals surface area (Å²) in [5, 5.41) is 8.49. The summed E-state index contributed by atoms with van der Waals surface area (Å²) >= 11 is 0. The first-order valence-corrected chi connectivity index (χ1v) is 8.26. The molecule has 0 aromatic carbocycles. The van der Waals surface area contributed by atoms with E-state index in [2.05, 4.69) is 20.2 Å². The quantitative estimate of drug-likeness (QED) is 0.587. The molecule has 4 heterocycles. The minimum atomic E-state index is 0.664. The van der Waals surface area contributed by atoms with Gasteiger partial charge in [-0.3, -0.25) is 20.1 Å². The third kappa shape index (κ3) is 3.12. The van der Waals surface area contributed by atoms with Crippen LogP contribution in [0, 0.1) is 0 Å². The topological polar surface area (TPSA) is 93.4 Å². The largest absolute Gasteiger partial charge is 0.330 e. The first kappa shape index (κ1) is 15.4. The summed E-state index contributed by atoms with van der Waals surface area (Å²) in [6.45, 7) is 0.664. The van der Waals surface area contributed by atoms with Crippen LogP contribution in [0.15, 0.2) is 55.0 Å². The minimum absolute atomic E-state index is 0.664. The zero-order valence-corrected chi connectivity index (χ0v) is 13.7. The molecule has 0 radical (unpaired) electrons. The Morgan fingerprint density at radius 2 is 2.00 bits per heavy atom. The van der Waals surface area contributed by atoms with Gasteiger partial charge in [-0.25, -0.2) is 0 Å². The molecule has 0 bridgehead atoms.